The molecule has 3 unspecified atom stereocenters. The summed E-state index contributed by atoms with van der Waals surface area (Å²) in [4.78, 5) is 72.4. The molecule has 19 heteroatoms. The molecule has 17 nitrogen and oxygen atoms in total. The highest BCUT2D eigenvalue weighted by Crippen LogP contribution is 2.45. The molecule has 0 aromatic carbocycles. The van der Waals surface area contributed by atoms with Crippen molar-refractivity contribution in [2.75, 3.05) is 39.6 Å². The third kappa shape index (κ3) is 69.2. The zero-order valence-electron chi connectivity index (χ0n) is 62.7. The van der Waals surface area contributed by atoms with Crippen molar-refractivity contribution in [2.45, 2.75) is 419 Å². The molecule has 0 amide bonds. The predicted octanol–water partition coefficient (Wildman–Crippen LogP) is 22.7. The molecular weight excluding hydrogens is 1260 g/mol. The van der Waals surface area contributed by atoms with Gasteiger partial charge in [0.2, 0.25) is 0 Å². The molecule has 0 heterocycles. The van der Waals surface area contributed by atoms with Crippen LogP contribution in [0.2, 0.25) is 0 Å². The van der Waals surface area contributed by atoms with Crippen LogP contribution in [0.25, 0.3) is 0 Å². The van der Waals surface area contributed by atoms with Crippen molar-refractivity contribution in [3.63, 3.8) is 0 Å². The van der Waals surface area contributed by atoms with Gasteiger partial charge in [0.05, 0.1) is 26.4 Å². The van der Waals surface area contributed by atoms with Crippen LogP contribution >= 0.6 is 15.6 Å². The maximum atomic E-state index is 13.1. The Hall–Kier alpha value is -1.94. The number of phosphoric acid groups is 2. The maximum Gasteiger partial charge on any atom is 0.472 e. The van der Waals surface area contributed by atoms with Crippen LogP contribution in [0.5, 0.6) is 0 Å². The quantitative estimate of drug-likeness (QED) is 0.0222. The van der Waals surface area contributed by atoms with Gasteiger partial charge in [0.15, 0.2) is 12.2 Å². The summed E-state index contributed by atoms with van der Waals surface area (Å²) in [5.41, 5.74) is 0. The van der Waals surface area contributed by atoms with Gasteiger partial charge >= 0.3 is 39.5 Å². The number of hydrogen-bond acceptors (Lipinski definition) is 15. The Kier molecular flexibility index (Phi) is 67.4. The number of rotatable bonds is 76. The second-order valence-corrected chi connectivity index (χ2v) is 31.4. The Balaban J connectivity index is 5.06. The van der Waals surface area contributed by atoms with Crippen molar-refractivity contribution in [3.05, 3.63) is 0 Å². The molecule has 0 aromatic heterocycles. The molecule has 0 aromatic rings. The van der Waals surface area contributed by atoms with E-state index in [2.05, 4.69) is 41.5 Å². The molecule has 96 heavy (non-hydrogen) atoms. The zero-order valence-corrected chi connectivity index (χ0v) is 64.5. The summed E-state index contributed by atoms with van der Waals surface area (Å²) in [6, 6.07) is 0. The number of aliphatic hydroxyl groups excluding tert-OH is 1. The van der Waals surface area contributed by atoms with Crippen LogP contribution in [0.1, 0.15) is 401 Å². The molecule has 0 aliphatic carbocycles. The molecule has 0 saturated heterocycles. The summed E-state index contributed by atoms with van der Waals surface area (Å²) in [5, 5.41) is 10.6. The average molecular weight is 1410 g/mol. The van der Waals surface area contributed by atoms with Gasteiger partial charge in [0.1, 0.15) is 19.3 Å². The number of carbonyl (C=O) groups is 4. The van der Waals surface area contributed by atoms with E-state index in [1.54, 1.807) is 0 Å². The first-order valence-electron chi connectivity index (χ1n) is 40.0. The van der Waals surface area contributed by atoms with Gasteiger partial charge in [-0.05, 0) is 37.5 Å². The fourth-order valence-corrected chi connectivity index (χ4v) is 13.4. The fourth-order valence-electron chi connectivity index (χ4n) is 11.8. The van der Waals surface area contributed by atoms with Crippen LogP contribution in [0.4, 0.5) is 0 Å². The van der Waals surface area contributed by atoms with Gasteiger partial charge in [-0.3, -0.25) is 37.3 Å². The fraction of sp³-hybridized carbons (Fsp3) is 0.948. The van der Waals surface area contributed by atoms with Crippen molar-refractivity contribution in [2.24, 2.45) is 11.8 Å². The van der Waals surface area contributed by atoms with Gasteiger partial charge in [0, 0.05) is 25.7 Å². The minimum absolute atomic E-state index is 0.104. The van der Waals surface area contributed by atoms with Gasteiger partial charge in [-0.15, -0.1) is 0 Å². The Morgan fingerprint density at radius 1 is 0.302 bits per heavy atom. The van der Waals surface area contributed by atoms with Gasteiger partial charge in [-0.1, -0.05) is 350 Å². The third-order valence-electron chi connectivity index (χ3n) is 18.3. The Morgan fingerprint density at radius 3 is 0.792 bits per heavy atom. The summed E-state index contributed by atoms with van der Waals surface area (Å²) in [6.07, 6.45) is 57.6. The monoisotopic (exact) mass is 1410 g/mol. The predicted molar refractivity (Wildman–Crippen MR) is 391 cm³/mol. The van der Waals surface area contributed by atoms with E-state index in [0.29, 0.717) is 25.7 Å². The molecule has 0 saturated carbocycles. The molecular formula is C77H150O17P2. The molecule has 0 bridgehead atoms. The summed E-state index contributed by atoms with van der Waals surface area (Å²) in [5.74, 6) is -0.437. The second-order valence-electron chi connectivity index (χ2n) is 28.5. The minimum atomic E-state index is -4.95. The van der Waals surface area contributed by atoms with Crippen molar-refractivity contribution < 1.29 is 80.2 Å². The first-order valence-corrected chi connectivity index (χ1v) is 43.0. The minimum Gasteiger partial charge on any atom is -0.462 e. The molecule has 570 valence electrons. The van der Waals surface area contributed by atoms with E-state index in [0.717, 1.165) is 115 Å². The molecule has 0 aliphatic rings. The van der Waals surface area contributed by atoms with Crippen molar-refractivity contribution in [1.29, 1.82) is 0 Å². The molecule has 0 rings (SSSR count). The number of carbonyl (C=O) groups excluding carboxylic acids is 4. The summed E-state index contributed by atoms with van der Waals surface area (Å²) >= 11 is 0. The van der Waals surface area contributed by atoms with Crippen LogP contribution in [-0.4, -0.2) is 96.7 Å². The van der Waals surface area contributed by atoms with Crippen LogP contribution in [0.15, 0.2) is 0 Å². The van der Waals surface area contributed by atoms with E-state index in [4.69, 9.17) is 37.0 Å². The zero-order chi connectivity index (χ0) is 70.7. The normalized spacial score (nSPS) is 14.3. The van der Waals surface area contributed by atoms with Crippen LogP contribution in [-0.2, 0) is 65.4 Å². The number of ether oxygens (including phenoxy) is 4. The van der Waals surface area contributed by atoms with Gasteiger partial charge < -0.3 is 33.8 Å². The molecule has 0 fully saturated rings. The van der Waals surface area contributed by atoms with Crippen molar-refractivity contribution >= 4 is 39.5 Å². The Morgan fingerprint density at radius 2 is 0.531 bits per heavy atom. The second kappa shape index (κ2) is 68.8. The lowest BCUT2D eigenvalue weighted by Gasteiger charge is -2.21. The van der Waals surface area contributed by atoms with Crippen molar-refractivity contribution in [3.8, 4) is 0 Å². The standard InChI is InChI=1S/C77H150O17P2/c1-7-10-12-14-15-42-49-55-61-76(81)93-72(65-87-74(79)59-53-45-13-11-8-2)67-91-95(83,84)89-63-71(78)64-90-96(85,86)92-68-73(66-88-75(80)60-54-48-43-38-34-30-26-22-18-16-20-24-28-32-36-40-46-51-57-69(4)5)94-77(82)62-56-50-44-39-35-31-27-23-19-17-21-25-29-33-37-41-47-52-58-70(6)9-3/h69-73,78H,7-68H2,1-6H3,(H,83,84)(H,85,86)/t70?,71-,72+,73+/m0/s1. The van der Waals surface area contributed by atoms with Gasteiger partial charge in [-0.2, -0.15) is 0 Å². The number of hydrogen-bond donors (Lipinski definition) is 3. The summed E-state index contributed by atoms with van der Waals surface area (Å²) < 4.78 is 68.2. The topological polar surface area (TPSA) is 237 Å². The molecule has 3 N–H and O–H groups in total. The Bertz CT molecular complexity index is 1860. The third-order valence-corrected chi connectivity index (χ3v) is 20.2. The SMILES string of the molecule is CCCCCCCCCCC(=O)O[C@H](COC(=O)CCCCCCC)COP(=O)(O)OC[C@H](O)COP(=O)(O)OC[C@@H](COC(=O)CCCCCCCCCCCCCCCCCCCCC(C)C)OC(=O)CCCCCCCCCCCCCCCCCCCCC(C)CC. The molecule has 0 aliphatic heterocycles. The average Bonchev–Trinajstić information content (AvgIpc) is 1.80. The lowest BCUT2D eigenvalue weighted by atomic mass is 9.99. The smallest absolute Gasteiger partial charge is 0.462 e. The van der Waals surface area contributed by atoms with E-state index < -0.39 is 97.5 Å². The lowest BCUT2D eigenvalue weighted by molar-refractivity contribution is -0.161. The van der Waals surface area contributed by atoms with Crippen LogP contribution in [0.3, 0.4) is 0 Å². The summed E-state index contributed by atoms with van der Waals surface area (Å²) in [6.45, 7) is 9.58. The van der Waals surface area contributed by atoms with Gasteiger partial charge in [-0.25, -0.2) is 9.13 Å². The number of phosphoric ester groups is 2. The van der Waals surface area contributed by atoms with E-state index >= 15 is 0 Å². The number of aliphatic hydroxyl groups is 1. The van der Waals surface area contributed by atoms with Crippen molar-refractivity contribution in [1.82, 2.24) is 0 Å². The number of unbranched alkanes of at least 4 members (excludes halogenated alkanes) is 45. The molecule has 0 spiro atoms. The van der Waals surface area contributed by atoms with Gasteiger partial charge in [0.25, 0.3) is 0 Å². The van der Waals surface area contributed by atoms with E-state index in [-0.39, 0.29) is 25.7 Å². The van der Waals surface area contributed by atoms with Crippen LogP contribution in [0, 0.1) is 11.8 Å². The number of esters is 4. The first kappa shape index (κ1) is 94.1. The summed E-state index contributed by atoms with van der Waals surface area (Å²) in [7, 11) is -9.89. The highest BCUT2D eigenvalue weighted by molar-refractivity contribution is 7.47. The first-order chi connectivity index (χ1) is 46.4. The Labute approximate surface area is 588 Å². The van der Waals surface area contributed by atoms with E-state index in [9.17, 15) is 43.2 Å². The van der Waals surface area contributed by atoms with E-state index in [1.807, 2.05) is 0 Å². The maximum absolute atomic E-state index is 13.1. The molecule has 6 atom stereocenters. The van der Waals surface area contributed by atoms with E-state index in [1.165, 1.54) is 205 Å². The highest BCUT2D eigenvalue weighted by atomic mass is 31.2. The molecule has 0 radical (unpaired) electrons. The van der Waals surface area contributed by atoms with Crippen LogP contribution < -0.4 is 0 Å². The lowest BCUT2D eigenvalue weighted by Crippen LogP contribution is -2.30. The largest absolute Gasteiger partial charge is 0.472 e. The highest BCUT2D eigenvalue weighted by Gasteiger charge is 2.30.